The third-order valence-corrected chi connectivity index (χ3v) is 35.3. The Morgan fingerprint density at radius 3 is 1.82 bits per heavy atom. The summed E-state index contributed by atoms with van der Waals surface area (Å²) < 4.78 is 6.48. The smallest absolute Gasteiger partial charge is 0.147 e. The molecule has 0 aromatic heterocycles. The zero-order valence-electron chi connectivity index (χ0n) is 24.0. The van der Waals surface area contributed by atoms with Crippen molar-refractivity contribution in [3.05, 3.63) is 135 Å². The van der Waals surface area contributed by atoms with E-state index in [1.54, 1.807) is 24.2 Å². The molecule has 6 rings (SSSR count). The Balaban J connectivity index is 0.00000185. The molecule has 0 nitrogen and oxygen atoms in total. The van der Waals surface area contributed by atoms with Crippen LogP contribution in [-0.4, -0.2) is 6.88 Å². The number of fused-ring (bicyclic) bond motifs is 3. The molecular formula is C36H40Cl2SiZr. The van der Waals surface area contributed by atoms with Crippen LogP contribution < -0.4 is 9.81 Å². The van der Waals surface area contributed by atoms with E-state index in [1.807, 2.05) is 0 Å². The zero-order valence-corrected chi connectivity index (χ0v) is 29.5. The SMILES string of the molecule is CC(C)c1ccc2c(c1)Cc1c-2ccc(C(C)C)[c]1[Zr](=[SiH2])([C]1=CC=CC1)([c]1ccccc1)[c]1ccccc1.Cl.Cl. The number of benzene rings is 4. The second kappa shape index (κ2) is 11.7. The van der Waals surface area contributed by atoms with Crippen LogP contribution in [0.2, 0.25) is 0 Å². The Morgan fingerprint density at radius 2 is 1.30 bits per heavy atom. The van der Waals surface area contributed by atoms with Gasteiger partial charge in [0.2, 0.25) is 0 Å². The maximum absolute atomic E-state index is 4.36. The van der Waals surface area contributed by atoms with Gasteiger partial charge in [-0.2, -0.15) is 0 Å². The number of allylic oxidation sites excluding steroid dienone is 4. The van der Waals surface area contributed by atoms with E-state index in [9.17, 15) is 0 Å². The summed E-state index contributed by atoms with van der Waals surface area (Å²) in [4.78, 5) is 0. The van der Waals surface area contributed by atoms with Crippen LogP contribution in [0.5, 0.6) is 0 Å². The van der Waals surface area contributed by atoms with Crippen molar-refractivity contribution < 1.29 is 17.4 Å². The fourth-order valence-corrected chi connectivity index (χ4v) is 30.7. The van der Waals surface area contributed by atoms with Gasteiger partial charge in [0.05, 0.1) is 0 Å². The number of hydrogen-bond acceptors (Lipinski definition) is 0. The van der Waals surface area contributed by atoms with Crippen LogP contribution in [0.15, 0.2) is 113 Å². The molecule has 206 valence electrons. The van der Waals surface area contributed by atoms with Gasteiger partial charge >= 0.3 is 232 Å². The van der Waals surface area contributed by atoms with Crippen molar-refractivity contribution in [2.45, 2.75) is 52.4 Å². The van der Waals surface area contributed by atoms with E-state index < -0.39 is 17.4 Å². The summed E-state index contributed by atoms with van der Waals surface area (Å²) in [6, 6.07) is 35.4. The van der Waals surface area contributed by atoms with Gasteiger partial charge in [-0.1, -0.05) is 0 Å². The monoisotopic (exact) mass is 660 g/mol. The Bertz CT molecular complexity index is 1620. The molecule has 0 saturated carbocycles. The van der Waals surface area contributed by atoms with E-state index in [2.05, 4.69) is 144 Å². The molecule has 2 aliphatic rings. The summed E-state index contributed by atoms with van der Waals surface area (Å²) in [5.74, 6) is 0.987. The maximum atomic E-state index is 2.49. The Kier molecular flexibility index (Phi) is 9.09. The van der Waals surface area contributed by atoms with E-state index in [1.165, 1.54) is 22.3 Å². The quantitative estimate of drug-likeness (QED) is 0.164. The third-order valence-electron chi connectivity index (χ3n) is 9.27. The fraction of sp³-hybridized carbons (Fsp3) is 0.222. The van der Waals surface area contributed by atoms with Crippen LogP contribution in [0.25, 0.3) is 11.1 Å². The topological polar surface area (TPSA) is 0 Å². The molecule has 0 amide bonds. The summed E-state index contributed by atoms with van der Waals surface area (Å²) >= 11 is -4.36. The zero-order chi connectivity index (χ0) is 26.5. The molecule has 0 unspecified atom stereocenters. The van der Waals surface area contributed by atoms with Gasteiger partial charge in [-0.3, -0.25) is 0 Å². The molecule has 0 atom stereocenters. The van der Waals surface area contributed by atoms with Crippen LogP contribution >= 0.6 is 24.8 Å². The fourth-order valence-electron chi connectivity index (χ4n) is 7.26. The van der Waals surface area contributed by atoms with Crippen LogP contribution in [-0.2, 0) is 23.8 Å². The molecule has 0 fully saturated rings. The number of halogens is 2. The van der Waals surface area contributed by atoms with Crippen LogP contribution in [0.4, 0.5) is 0 Å². The molecule has 4 aromatic carbocycles. The second-order valence-corrected chi connectivity index (χ2v) is 33.1. The van der Waals surface area contributed by atoms with Crippen molar-refractivity contribution in [3.63, 3.8) is 0 Å². The number of hydrogen-bond donors (Lipinski definition) is 0. The summed E-state index contributed by atoms with van der Waals surface area (Å²) in [5, 5.41) is 0. The van der Waals surface area contributed by atoms with Gasteiger partial charge < -0.3 is 0 Å². The predicted molar refractivity (Wildman–Crippen MR) is 180 cm³/mol. The van der Waals surface area contributed by atoms with E-state index in [0.29, 0.717) is 11.8 Å². The summed E-state index contributed by atoms with van der Waals surface area (Å²) in [6.45, 7) is 11.8. The summed E-state index contributed by atoms with van der Waals surface area (Å²) in [6.07, 6.45) is 9.25. The molecule has 2 aliphatic carbocycles. The van der Waals surface area contributed by atoms with Crippen molar-refractivity contribution in [1.82, 2.24) is 0 Å². The second-order valence-electron chi connectivity index (χ2n) is 12.0. The first kappa shape index (κ1) is 31.0. The van der Waals surface area contributed by atoms with Crippen molar-refractivity contribution in [3.8, 4) is 11.1 Å². The molecule has 4 aromatic rings. The van der Waals surface area contributed by atoms with E-state index >= 15 is 0 Å². The van der Waals surface area contributed by atoms with Crippen LogP contribution in [0.1, 0.15) is 68.2 Å². The molecular weight excluding hydrogens is 623 g/mol. The molecule has 0 radical (unpaired) electrons. The van der Waals surface area contributed by atoms with Gasteiger partial charge in [0, 0.05) is 0 Å². The Morgan fingerprint density at radius 1 is 0.700 bits per heavy atom. The van der Waals surface area contributed by atoms with Gasteiger partial charge in [-0.25, -0.2) is 0 Å². The van der Waals surface area contributed by atoms with Crippen molar-refractivity contribution in [2.75, 3.05) is 0 Å². The molecule has 0 saturated heterocycles. The Labute approximate surface area is 255 Å². The Hall–Kier alpha value is -1.96. The van der Waals surface area contributed by atoms with Crippen LogP contribution in [0, 0.1) is 0 Å². The predicted octanol–water partition coefficient (Wildman–Crippen LogP) is 7.71. The third kappa shape index (κ3) is 4.51. The molecule has 0 heterocycles. The van der Waals surface area contributed by atoms with Gasteiger partial charge in [0.1, 0.15) is 0 Å². The summed E-state index contributed by atoms with van der Waals surface area (Å²) in [7, 11) is 0. The summed E-state index contributed by atoms with van der Waals surface area (Å²) in [5.41, 5.74) is 8.97. The van der Waals surface area contributed by atoms with Gasteiger partial charge in [-0.05, 0) is 0 Å². The number of rotatable bonds is 6. The minimum Gasteiger partial charge on any atom is -0.147 e. The molecule has 0 N–H and O–H groups in total. The average Bonchev–Trinajstić information content (AvgIpc) is 3.62. The van der Waals surface area contributed by atoms with Gasteiger partial charge in [-0.15, -0.1) is 24.8 Å². The first-order valence-electron chi connectivity index (χ1n) is 14.1. The standard InChI is InChI=1S/C19H21.2C6H5.C5H5.2ClH.H2Si.Zr/c1-12(2)14-5-7-18-16(9-14)11-17-10-15(13(3)4)6-8-19(17)18;2*1-2-4-6-5-3-1;1-2-4-5-3-1;;;;/h5-9,12-13H,11H2,1-4H3;2*1-5H;1-3H,4H2;2*1H;1H2;. The molecule has 0 bridgehead atoms. The molecule has 4 heteroatoms. The van der Waals surface area contributed by atoms with Crippen molar-refractivity contribution in [1.29, 1.82) is 0 Å². The molecule has 40 heavy (non-hydrogen) atoms. The first-order chi connectivity index (χ1) is 18.3. The normalized spacial score (nSPS) is 13.9. The van der Waals surface area contributed by atoms with E-state index in [-0.39, 0.29) is 24.8 Å². The minimum absolute atomic E-state index is 0. The molecule has 0 spiro atoms. The first-order valence-corrected chi connectivity index (χ1v) is 25.0. The van der Waals surface area contributed by atoms with Gasteiger partial charge in [0.15, 0.2) is 0 Å². The van der Waals surface area contributed by atoms with Gasteiger partial charge in [0.25, 0.3) is 0 Å². The van der Waals surface area contributed by atoms with Crippen molar-refractivity contribution >= 4 is 41.5 Å². The molecule has 0 aliphatic heterocycles. The van der Waals surface area contributed by atoms with Crippen LogP contribution in [0.3, 0.4) is 0 Å². The van der Waals surface area contributed by atoms with E-state index in [4.69, 9.17) is 0 Å². The average molecular weight is 663 g/mol. The van der Waals surface area contributed by atoms with Crippen molar-refractivity contribution in [2.24, 2.45) is 0 Å². The maximum Gasteiger partial charge on any atom is -0.147 e. The van der Waals surface area contributed by atoms with E-state index in [0.717, 1.165) is 12.8 Å². The largest absolute Gasteiger partial charge is 0.147 e. The minimum atomic E-state index is -4.36.